The zero-order chi connectivity index (χ0) is 15.3. The molecule has 0 bridgehead atoms. The third kappa shape index (κ3) is 4.50. The quantitative estimate of drug-likeness (QED) is 0.881. The van der Waals surface area contributed by atoms with Gasteiger partial charge < -0.3 is 5.32 Å². The van der Waals surface area contributed by atoms with Crippen LogP contribution in [0.1, 0.15) is 54.8 Å². The lowest BCUT2D eigenvalue weighted by Gasteiger charge is -2.24. The standard InChI is InChI=1S/C15H20N2O3/c1-5-15(3,4)17-14(20)12-8-6-11(7-9-12)13(19)16-10(2)18/h6-9H,5H2,1-4H3,(H,17,20)(H,16,18,19). The second-order valence-corrected chi connectivity index (χ2v) is 5.28. The van der Waals surface area contributed by atoms with Gasteiger partial charge in [0.05, 0.1) is 0 Å². The van der Waals surface area contributed by atoms with E-state index in [-0.39, 0.29) is 11.4 Å². The van der Waals surface area contributed by atoms with E-state index in [1.807, 2.05) is 20.8 Å². The molecular formula is C15H20N2O3. The second-order valence-electron chi connectivity index (χ2n) is 5.28. The van der Waals surface area contributed by atoms with Gasteiger partial charge in [-0.3, -0.25) is 19.7 Å². The van der Waals surface area contributed by atoms with Gasteiger partial charge in [0.2, 0.25) is 5.91 Å². The third-order valence-electron chi connectivity index (χ3n) is 3.03. The van der Waals surface area contributed by atoms with Crippen molar-refractivity contribution in [2.24, 2.45) is 0 Å². The fourth-order valence-corrected chi connectivity index (χ4v) is 1.47. The zero-order valence-electron chi connectivity index (χ0n) is 12.2. The minimum absolute atomic E-state index is 0.185. The summed E-state index contributed by atoms with van der Waals surface area (Å²) in [7, 11) is 0. The molecule has 0 aliphatic rings. The minimum atomic E-state index is -0.474. The Hall–Kier alpha value is -2.17. The Labute approximate surface area is 118 Å². The average molecular weight is 276 g/mol. The van der Waals surface area contributed by atoms with Crippen LogP contribution in [-0.2, 0) is 4.79 Å². The first-order valence-electron chi connectivity index (χ1n) is 6.49. The Bertz CT molecular complexity index is 518. The van der Waals surface area contributed by atoms with Gasteiger partial charge in [0.1, 0.15) is 0 Å². The van der Waals surface area contributed by atoms with E-state index in [4.69, 9.17) is 0 Å². The predicted molar refractivity (Wildman–Crippen MR) is 76.4 cm³/mol. The molecule has 1 aromatic rings. The monoisotopic (exact) mass is 276 g/mol. The summed E-state index contributed by atoms with van der Waals surface area (Å²) >= 11 is 0. The van der Waals surface area contributed by atoms with Gasteiger partial charge in [0.25, 0.3) is 11.8 Å². The summed E-state index contributed by atoms with van der Waals surface area (Å²) in [5.41, 5.74) is 0.541. The molecule has 0 aromatic heterocycles. The van der Waals surface area contributed by atoms with Crippen molar-refractivity contribution in [2.45, 2.75) is 39.7 Å². The first-order valence-corrected chi connectivity index (χ1v) is 6.49. The maximum Gasteiger partial charge on any atom is 0.257 e. The number of benzene rings is 1. The van der Waals surface area contributed by atoms with Gasteiger partial charge in [-0.2, -0.15) is 0 Å². The second kappa shape index (κ2) is 6.32. The van der Waals surface area contributed by atoms with Crippen LogP contribution in [0, 0.1) is 0 Å². The normalized spacial score (nSPS) is 10.8. The molecule has 1 aromatic carbocycles. The van der Waals surface area contributed by atoms with Crippen molar-refractivity contribution in [3.63, 3.8) is 0 Å². The van der Waals surface area contributed by atoms with Crippen molar-refractivity contribution in [1.82, 2.24) is 10.6 Å². The van der Waals surface area contributed by atoms with Gasteiger partial charge in [-0.15, -0.1) is 0 Å². The largest absolute Gasteiger partial charge is 0.347 e. The molecule has 0 saturated heterocycles. The molecule has 0 spiro atoms. The van der Waals surface area contributed by atoms with E-state index in [0.717, 1.165) is 6.42 Å². The molecule has 0 heterocycles. The summed E-state index contributed by atoms with van der Waals surface area (Å²) in [6, 6.07) is 6.17. The molecule has 0 aliphatic heterocycles. The summed E-state index contributed by atoms with van der Waals surface area (Å²) in [4.78, 5) is 34.4. The summed E-state index contributed by atoms with van der Waals surface area (Å²) in [5, 5.41) is 5.09. The Morgan fingerprint density at radius 3 is 1.85 bits per heavy atom. The Morgan fingerprint density at radius 2 is 1.45 bits per heavy atom. The number of rotatable bonds is 4. The first-order chi connectivity index (χ1) is 9.25. The lowest BCUT2D eigenvalue weighted by molar-refractivity contribution is -0.118. The topological polar surface area (TPSA) is 75.3 Å². The highest BCUT2D eigenvalue weighted by atomic mass is 16.2. The smallest absolute Gasteiger partial charge is 0.257 e. The van der Waals surface area contributed by atoms with E-state index in [9.17, 15) is 14.4 Å². The van der Waals surface area contributed by atoms with Crippen LogP contribution in [0.2, 0.25) is 0 Å². The molecular weight excluding hydrogens is 256 g/mol. The fraction of sp³-hybridized carbons (Fsp3) is 0.400. The number of hydrogen-bond acceptors (Lipinski definition) is 3. The number of amides is 3. The van der Waals surface area contributed by atoms with Crippen molar-refractivity contribution < 1.29 is 14.4 Å². The van der Waals surface area contributed by atoms with Crippen LogP contribution in [0.4, 0.5) is 0 Å². The molecule has 1 rings (SSSR count). The average Bonchev–Trinajstić information content (AvgIpc) is 2.37. The maximum absolute atomic E-state index is 12.0. The highest BCUT2D eigenvalue weighted by Crippen LogP contribution is 2.10. The van der Waals surface area contributed by atoms with Gasteiger partial charge >= 0.3 is 0 Å². The molecule has 3 amide bonds. The highest BCUT2D eigenvalue weighted by molar-refractivity contribution is 6.04. The van der Waals surface area contributed by atoms with Gasteiger partial charge in [-0.05, 0) is 44.5 Å². The minimum Gasteiger partial charge on any atom is -0.347 e. The molecule has 0 saturated carbocycles. The van der Waals surface area contributed by atoms with E-state index < -0.39 is 11.8 Å². The van der Waals surface area contributed by atoms with Crippen LogP contribution >= 0.6 is 0 Å². The van der Waals surface area contributed by atoms with Crippen LogP contribution in [0.5, 0.6) is 0 Å². The van der Waals surface area contributed by atoms with Crippen LogP contribution in [0.25, 0.3) is 0 Å². The molecule has 0 unspecified atom stereocenters. The Morgan fingerprint density at radius 1 is 1.00 bits per heavy atom. The molecule has 0 atom stereocenters. The number of nitrogens with one attached hydrogen (secondary N) is 2. The fourth-order valence-electron chi connectivity index (χ4n) is 1.47. The third-order valence-corrected chi connectivity index (χ3v) is 3.03. The van der Waals surface area contributed by atoms with E-state index >= 15 is 0 Å². The zero-order valence-corrected chi connectivity index (χ0v) is 12.2. The van der Waals surface area contributed by atoms with Gasteiger partial charge in [0, 0.05) is 23.6 Å². The van der Waals surface area contributed by atoms with E-state index in [0.29, 0.717) is 11.1 Å². The SMILES string of the molecule is CCC(C)(C)NC(=O)c1ccc(C(=O)NC(C)=O)cc1. The van der Waals surface area contributed by atoms with Gasteiger partial charge in [-0.1, -0.05) is 6.92 Å². The lowest BCUT2D eigenvalue weighted by Crippen LogP contribution is -2.42. The van der Waals surface area contributed by atoms with Crippen LogP contribution in [-0.4, -0.2) is 23.3 Å². The summed E-state index contributed by atoms with van der Waals surface area (Å²) in [5.74, 6) is -1.07. The lowest BCUT2D eigenvalue weighted by atomic mass is 10.0. The van der Waals surface area contributed by atoms with E-state index in [1.54, 1.807) is 12.1 Å². The van der Waals surface area contributed by atoms with Gasteiger partial charge in [-0.25, -0.2) is 0 Å². The molecule has 0 radical (unpaired) electrons. The number of hydrogen-bond donors (Lipinski definition) is 2. The first kappa shape index (κ1) is 15.9. The molecule has 2 N–H and O–H groups in total. The van der Waals surface area contributed by atoms with Crippen molar-refractivity contribution in [3.8, 4) is 0 Å². The van der Waals surface area contributed by atoms with E-state index in [2.05, 4.69) is 10.6 Å². The number of imide groups is 1. The molecule has 0 fully saturated rings. The highest BCUT2D eigenvalue weighted by Gasteiger charge is 2.19. The number of carbonyl (C=O) groups excluding carboxylic acids is 3. The molecule has 5 nitrogen and oxygen atoms in total. The summed E-state index contributed by atoms with van der Waals surface area (Å²) in [6.07, 6.45) is 0.817. The van der Waals surface area contributed by atoms with Crippen molar-refractivity contribution in [2.75, 3.05) is 0 Å². The van der Waals surface area contributed by atoms with Crippen LogP contribution in [0.15, 0.2) is 24.3 Å². The predicted octanol–water partition coefficient (Wildman–Crippen LogP) is 1.88. The van der Waals surface area contributed by atoms with Crippen LogP contribution in [0.3, 0.4) is 0 Å². The van der Waals surface area contributed by atoms with Gasteiger partial charge in [0.15, 0.2) is 0 Å². The molecule has 0 aliphatic carbocycles. The Balaban J connectivity index is 2.79. The molecule has 5 heteroatoms. The van der Waals surface area contributed by atoms with Crippen molar-refractivity contribution in [3.05, 3.63) is 35.4 Å². The van der Waals surface area contributed by atoms with Crippen LogP contribution < -0.4 is 10.6 Å². The van der Waals surface area contributed by atoms with E-state index in [1.165, 1.54) is 19.1 Å². The molecule has 108 valence electrons. The van der Waals surface area contributed by atoms with Crippen molar-refractivity contribution in [1.29, 1.82) is 0 Å². The maximum atomic E-state index is 12.0. The van der Waals surface area contributed by atoms with Crippen molar-refractivity contribution >= 4 is 17.7 Å². The summed E-state index contributed by atoms with van der Waals surface area (Å²) in [6.45, 7) is 7.15. The summed E-state index contributed by atoms with van der Waals surface area (Å²) < 4.78 is 0. The Kier molecular flexibility index (Phi) is 5.02. The number of carbonyl (C=O) groups is 3. The molecule has 20 heavy (non-hydrogen) atoms.